The van der Waals surface area contributed by atoms with Crippen LogP contribution in [0.3, 0.4) is 0 Å². The third-order valence-corrected chi connectivity index (χ3v) is 9.35. The fraction of sp³-hybridized carbons (Fsp3) is 0.854. The molecule has 0 aliphatic heterocycles. The smallest absolute Gasteiger partial charge is 0.246 e. The fourth-order valence-electron chi connectivity index (χ4n) is 5.90. The molecule has 11 N–H and O–H groups in total. The molecule has 0 spiro atoms. The number of amides is 4. The lowest BCUT2D eigenvalue weighted by molar-refractivity contribution is -0.127. The van der Waals surface area contributed by atoms with Crippen molar-refractivity contribution in [2.24, 2.45) is 22.5 Å². The second kappa shape index (κ2) is 44.1. The zero-order chi connectivity index (χ0) is 43.3. The second-order valence-electron chi connectivity index (χ2n) is 14.7. The number of hydrogen-bond donors (Lipinski definition) is 8. The molecule has 0 saturated heterocycles. The first-order valence-electron chi connectivity index (χ1n) is 22.1. The van der Waals surface area contributed by atoms with E-state index in [2.05, 4.69) is 31.8 Å². The van der Waals surface area contributed by atoms with Crippen LogP contribution in [0, 0.1) is 0 Å². The van der Waals surface area contributed by atoms with E-state index in [9.17, 15) is 24.0 Å². The Kier molecular flexibility index (Phi) is 41.6. The molecule has 0 bridgehead atoms. The van der Waals surface area contributed by atoms with E-state index < -0.39 is 6.04 Å². The Labute approximate surface area is 353 Å². The first-order valence-corrected chi connectivity index (χ1v) is 22.1. The van der Waals surface area contributed by atoms with E-state index in [0.29, 0.717) is 70.9 Å². The first-order chi connectivity index (χ1) is 28.8. The molecule has 0 saturated carbocycles. The zero-order valence-electron chi connectivity index (χ0n) is 36.0. The van der Waals surface area contributed by atoms with Crippen LogP contribution in [0.2, 0.25) is 0 Å². The molecular weight excluding hydrogens is 763 g/mol. The zero-order valence-corrected chi connectivity index (χ0v) is 36.0. The van der Waals surface area contributed by atoms with E-state index in [0.717, 1.165) is 44.8 Å². The highest BCUT2D eigenvalue weighted by Crippen LogP contribution is 2.14. The molecule has 4 amide bonds. The SMILES string of the molecule is N/N=C(/CCCCCCCCCCCCCCCCCC(=O)NCCCC(=O)NCCOCCOCC(=O)NCCOCCOCC(=O)NCCCCC(N)C=O)NN. The highest BCUT2D eigenvalue weighted by atomic mass is 16.5. The van der Waals surface area contributed by atoms with Crippen molar-refractivity contribution in [3.8, 4) is 0 Å². The topological polar surface area (TPSA) is 273 Å². The Bertz CT molecular complexity index is 1070. The summed E-state index contributed by atoms with van der Waals surface area (Å²) in [5.74, 6) is 10.7. The van der Waals surface area contributed by atoms with Gasteiger partial charge in [-0.25, -0.2) is 5.84 Å². The molecular formula is C41H81N9O9. The van der Waals surface area contributed by atoms with Gasteiger partial charge in [0.05, 0.1) is 45.7 Å². The van der Waals surface area contributed by atoms with E-state index in [1.165, 1.54) is 77.0 Å². The summed E-state index contributed by atoms with van der Waals surface area (Å²) in [5, 5.41) is 14.7. The van der Waals surface area contributed by atoms with Crippen LogP contribution in [0.25, 0.3) is 0 Å². The quantitative estimate of drug-likeness (QED) is 0.0109. The van der Waals surface area contributed by atoms with Crippen LogP contribution in [0.5, 0.6) is 0 Å². The van der Waals surface area contributed by atoms with E-state index in [1.54, 1.807) is 0 Å². The molecule has 59 heavy (non-hydrogen) atoms. The number of rotatable bonds is 44. The summed E-state index contributed by atoms with van der Waals surface area (Å²) in [6, 6.07) is -0.448. The molecule has 0 rings (SSSR count). The van der Waals surface area contributed by atoms with Crippen molar-refractivity contribution in [1.82, 2.24) is 26.7 Å². The molecule has 0 radical (unpaired) electrons. The maximum Gasteiger partial charge on any atom is 0.246 e. The minimum Gasteiger partial charge on any atom is -0.377 e. The van der Waals surface area contributed by atoms with Crippen LogP contribution in [-0.2, 0) is 42.9 Å². The van der Waals surface area contributed by atoms with Crippen molar-refractivity contribution in [2.45, 2.75) is 147 Å². The minimum absolute atomic E-state index is 0.0488. The van der Waals surface area contributed by atoms with Crippen molar-refractivity contribution in [3.63, 3.8) is 0 Å². The van der Waals surface area contributed by atoms with Crippen LogP contribution < -0.4 is 44.1 Å². The lowest BCUT2D eigenvalue weighted by Crippen LogP contribution is -2.32. The van der Waals surface area contributed by atoms with Gasteiger partial charge < -0.3 is 62.0 Å². The van der Waals surface area contributed by atoms with Crippen molar-refractivity contribution in [1.29, 1.82) is 0 Å². The largest absolute Gasteiger partial charge is 0.377 e. The van der Waals surface area contributed by atoms with Gasteiger partial charge in [-0.3, -0.25) is 19.2 Å². The van der Waals surface area contributed by atoms with Crippen molar-refractivity contribution >= 4 is 35.8 Å². The second-order valence-corrected chi connectivity index (χ2v) is 14.7. The van der Waals surface area contributed by atoms with E-state index in [1.807, 2.05) is 0 Å². The van der Waals surface area contributed by atoms with Gasteiger partial charge in [-0.15, -0.1) is 0 Å². The highest BCUT2D eigenvalue weighted by Gasteiger charge is 2.06. The molecule has 0 fully saturated rings. The average Bonchev–Trinajstić information content (AvgIpc) is 3.23. The van der Waals surface area contributed by atoms with Gasteiger partial charge in [-0.2, -0.15) is 5.10 Å². The van der Waals surface area contributed by atoms with E-state index >= 15 is 0 Å². The Morgan fingerprint density at radius 3 is 1.34 bits per heavy atom. The van der Waals surface area contributed by atoms with Gasteiger partial charge in [-0.05, 0) is 38.5 Å². The summed E-state index contributed by atoms with van der Waals surface area (Å²) in [4.78, 5) is 58.2. The first kappa shape index (κ1) is 55.6. The van der Waals surface area contributed by atoms with Crippen LogP contribution in [0.4, 0.5) is 0 Å². The molecule has 0 aromatic carbocycles. The number of aldehydes is 1. The number of ether oxygens (including phenoxy) is 4. The number of nitrogens with one attached hydrogen (secondary N) is 5. The van der Waals surface area contributed by atoms with Crippen molar-refractivity contribution in [2.75, 3.05) is 79.0 Å². The number of hydrazine groups is 1. The lowest BCUT2D eigenvalue weighted by Gasteiger charge is -2.09. The number of unbranched alkanes of at least 4 members (excludes halogenated alkanes) is 15. The number of hydrogen-bond acceptors (Lipinski definition) is 13. The van der Waals surface area contributed by atoms with Crippen LogP contribution in [-0.4, -0.2) is 121 Å². The van der Waals surface area contributed by atoms with E-state index in [4.69, 9.17) is 36.4 Å². The number of nitrogens with zero attached hydrogens (tertiary/aromatic N) is 1. The summed E-state index contributed by atoms with van der Waals surface area (Å²) in [7, 11) is 0. The minimum atomic E-state index is -0.448. The number of carbonyl (C=O) groups excluding carboxylic acids is 5. The standard InChI is InChI=1S/C41H81N9O9/c42-36(33-51)19-16-17-23-46-40(54)34-58-31-30-57-28-26-48-41(55)35-59-32-29-56-27-25-47-39(53)22-18-24-45-38(52)21-15-13-11-9-7-5-3-1-2-4-6-8-10-12-14-20-37(49-43)50-44/h33,36H,1-32,34-35,42-44H2,(H,45,52)(H,46,54)(H,47,53)(H,48,55)(H,49,50). The highest BCUT2D eigenvalue weighted by molar-refractivity contribution is 5.81. The van der Waals surface area contributed by atoms with Gasteiger partial charge >= 0.3 is 0 Å². The number of nitrogens with two attached hydrogens (primary N) is 3. The number of hydrazone groups is 1. The predicted octanol–water partition coefficient (Wildman–Crippen LogP) is 2.36. The summed E-state index contributed by atoms with van der Waals surface area (Å²) >= 11 is 0. The van der Waals surface area contributed by atoms with Crippen LogP contribution >= 0.6 is 0 Å². The van der Waals surface area contributed by atoms with Gasteiger partial charge in [0.2, 0.25) is 23.6 Å². The third kappa shape index (κ3) is 42.5. The lowest BCUT2D eigenvalue weighted by atomic mass is 10.0. The molecule has 18 heteroatoms. The van der Waals surface area contributed by atoms with Crippen LogP contribution in [0.15, 0.2) is 5.10 Å². The van der Waals surface area contributed by atoms with E-state index in [-0.39, 0.29) is 63.3 Å². The Morgan fingerprint density at radius 2 is 0.864 bits per heavy atom. The summed E-state index contributed by atoms with van der Waals surface area (Å²) in [6.07, 6.45) is 23.5. The third-order valence-electron chi connectivity index (χ3n) is 9.35. The number of amidine groups is 1. The molecule has 1 unspecified atom stereocenters. The molecule has 0 heterocycles. The summed E-state index contributed by atoms with van der Waals surface area (Å²) in [6.45, 7) is 3.18. The van der Waals surface area contributed by atoms with Crippen molar-refractivity contribution in [3.05, 3.63) is 0 Å². The maximum atomic E-state index is 12.1. The molecule has 0 aliphatic rings. The molecule has 344 valence electrons. The fourth-order valence-corrected chi connectivity index (χ4v) is 5.90. The van der Waals surface area contributed by atoms with Gasteiger partial charge in [-0.1, -0.05) is 83.5 Å². The molecule has 0 aromatic rings. The monoisotopic (exact) mass is 844 g/mol. The maximum absolute atomic E-state index is 12.1. The van der Waals surface area contributed by atoms with Crippen LogP contribution in [0.1, 0.15) is 141 Å². The molecule has 0 aliphatic carbocycles. The van der Waals surface area contributed by atoms with Crippen molar-refractivity contribution < 1.29 is 42.9 Å². The van der Waals surface area contributed by atoms with Gasteiger partial charge in [0.1, 0.15) is 25.3 Å². The normalized spacial score (nSPS) is 11.9. The molecule has 0 aromatic heterocycles. The predicted molar refractivity (Wildman–Crippen MR) is 230 cm³/mol. The molecule has 1 atom stereocenters. The van der Waals surface area contributed by atoms with Gasteiger partial charge in [0, 0.05) is 45.4 Å². The Morgan fingerprint density at radius 1 is 0.475 bits per heavy atom. The molecule has 18 nitrogen and oxygen atoms in total. The Balaban J connectivity index is 3.38. The summed E-state index contributed by atoms with van der Waals surface area (Å²) in [5.41, 5.74) is 8.03. The van der Waals surface area contributed by atoms with Gasteiger partial charge in [0.15, 0.2) is 0 Å². The Hall–Kier alpha value is -3.42. The summed E-state index contributed by atoms with van der Waals surface area (Å²) < 4.78 is 21.4. The average molecular weight is 844 g/mol. The number of carbonyl (C=O) groups is 5. The van der Waals surface area contributed by atoms with Gasteiger partial charge in [0.25, 0.3) is 0 Å².